The van der Waals surface area contributed by atoms with Gasteiger partial charge < -0.3 is 0 Å². The molecule has 1 spiro atoms. The van der Waals surface area contributed by atoms with Gasteiger partial charge in [0.05, 0.1) is 4.08 Å². The van der Waals surface area contributed by atoms with E-state index in [9.17, 15) is 0 Å². The Labute approximate surface area is 102 Å². The van der Waals surface area contributed by atoms with Gasteiger partial charge in [0.15, 0.2) is 0 Å². The van der Waals surface area contributed by atoms with Gasteiger partial charge in [-0.15, -0.1) is 23.5 Å². The molecule has 0 N–H and O–H groups in total. The van der Waals surface area contributed by atoms with Crippen molar-refractivity contribution in [2.45, 2.75) is 55.4 Å². The lowest BCUT2D eigenvalue weighted by Gasteiger charge is -2.51. The van der Waals surface area contributed by atoms with Crippen molar-refractivity contribution >= 4 is 23.5 Å². The summed E-state index contributed by atoms with van der Waals surface area (Å²) in [5, 5.41) is 0. The highest BCUT2D eigenvalue weighted by atomic mass is 32.2. The van der Waals surface area contributed by atoms with Crippen LogP contribution in [0.1, 0.15) is 51.4 Å². The van der Waals surface area contributed by atoms with Gasteiger partial charge in [-0.3, -0.25) is 0 Å². The molecule has 15 heavy (non-hydrogen) atoms. The Kier molecular flexibility index (Phi) is 3.26. The zero-order valence-corrected chi connectivity index (χ0v) is 11.2. The van der Waals surface area contributed by atoms with Gasteiger partial charge in [0.1, 0.15) is 0 Å². The van der Waals surface area contributed by atoms with Crippen molar-refractivity contribution in [2.75, 3.05) is 11.5 Å². The monoisotopic (exact) mass is 242 g/mol. The molecule has 0 nitrogen and oxygen atoms in total. The molecule has 2 aliphatic carbocycles. The van der Waals surface area contributed by atoms with Crippen molar-refractivity contribution < 1.29 is 0 Å². The number of hydrogen-bond donors (Lipinski definition) is 0. The Morgan fingerprint density at radius 2 is 1.53 bits per heavy atom. The van der Waals surface area contributed by atoms with Crippen LogP contribution in [0.5, 0.6) is 0 Å². The molecular weight excluding hydrogens is 220 g/mol. The minimum Gasteiger partial charge on any atom is -0.144 e. The molecule has 0 aromatic carbocycles. The van der Waals surface area contributed by atoms with Gasteiger partial charge in [0, 0.05) is 0 Å². The molecule has 3 rings (SSSR count). The molecule has 3 aliphatic rings. The predicted octanol–water partition coefficient (Wildman–Crippen LogP) is 4.54. The fourth-order valence-corrected chi connectivity index (χ4v) is 7.79. The van der Waals surface area contributed by atoms with Crippen LogP contribution in [-0.2, 0) is 0 Å². The third-order valence-corrected chi connectivity index (χ3v) is 8.24. The first kappa shape index (κ1) is 10.8. The van der Waals surface area contributed by atoms with E-state index in [2.05, 4.69) is 23.5 Å². The number of thioether (sulfide) groups is 2. The summed E-state index contributed by atoms with van der Waals surface area (Å²) in [5.41, 5.74) is 0. The summed E-state index contributed by atoms with van der Waals surface area (Å²) in [5.74, 6) is 5.06. The standard InChI is InChI=1S/C13H22S2/c1-2-7-12-11(5-1)6-3-8-13(12)14-9-4-10-15-13/h11-12H,1-10H2/t11-,12+/m1/s1. The van der Waals surface area contributed by atoms with Gasteiger partial charge in [-0.1, -0.05) is 32.1 Å². The van der Waals surface area contributed by atoms with Crippen LogP contribution < -0.4 is 0 Å². The smallest absolute Gasteiger partial charge is 0.0641 e. The summed E-state index contributed by atoms with van der Waals surface area (Å²) in [4.78, 5) is 0. The Balaban J connectivity index is 1.79. The van der Waals surface area contributed by atoms with Crippen molar-refractivity contribution in [3.63, 3.8) is 0 Å². The minimum atomic E-state index is 0.682. The first-order valence-corrected chi connectivity index (χ1v) is 8.66. The summed E-state index contributed by atoms with van der Waals surface area (Å²) in [6.45, 7) is 0. The topological polar surface area (TPSA) is 0 Å². The first-order chi connectivity index (χ1) is 7.41. The van der Waals surface area contributed by atoms with Crippen molar-refractivity contribution in [3.05, 3.63) is 0 Å². The highest BCUT2D eigenvalue weighted by molar-refractivity contribution is 8.18. The van der Waals surface area contributed by atoms with Gasteiger partial charge in [0.25, 0.3) is 0 Å². The van der Waals surface area contributed by atoms with Gasteiger partial charge in [0.2, 0.25) is 0 Å². The van der Waals surface area contributed by atoms with Crippen molar-refractivity contribution in [1.29, 1.82) is 0 Å². The number of fused-ring (bicyclic) bond motifs is 2. The first-order valence-electron chi connectivity index (χ1n) is 6.69. The lowest BCUT2D eigenvalue weighted by atomic mass is 9.70. The predicted molar refractivity (Wildman–Crippen MR) is 71.6 cm³/mol. The molecule has 2 saturated carbocycles. The second-order valence-electron chi connectivity index (χ2n) is 5.41. The second kappa shape index (κ2) is 4.52. The maximum Gasteiger partial charge on any atom is 0.0641 e. The SMILES string of the molecule is C1CSC2(CCC[C@H]3CCCC[C@@H]32)SC1. The van der Waals surface area contributed by atoms with E-state index in [1.54, 1.807) is 19.3 Å². The van der Waals surface area contributed by atoms with E-state index in [4.69, 9.17) is 0 Å². The lowest BCUT2D eigenvalue weighted by molar-refractivity contribution is 0.165. The minimum absolute atomic E-state index is 0.682. The third kappa shape index (κ3) is 1.97. The summed E-state index contributed by atoms with van der Waals surface area (Å²) >= 11 is 4.67. The van der Waals surface area contributed by atoms with Crippen LogP contribution in [0.4, 0.5) is 0 Å². The van der Waals surface area contributed by atoms with Gasteiger partial charge in [-0.05, 0) is 42.6 Å². The van der Waals surface area contributed by atoms with Crippen LogP contribution in [0.25, 0.3) is 0 Å². The zero-order valence-electron chi connectivity index (χ0n) is 9.54. The quantitative estimate of drug-likeness (QED) is 0.611. The van der Waals surface area contributed by atoms with Gasteiger partial charge in [-0.25, -0.2) is 0 Å². The molecule has 1 heterocycles. The maximum atomic E-state index is 2.34. The highest BCUT2D eigenvalue weighted by Crippen LogP contribution is 2.59. The molecule has 0 aromatic rings. The average Bonchev–Trinajstić information content (AvgIpc) is 2.31. The van der Waals surface area contributed by atoms with E-state index in [1.165, 1.54) is 43.6 Å². The van der Waals surface area contributed by atoms with Crippen LogP contribution in [0, 0.1) is 11.8 Å². The molecule has 0 bridgehead atoms. The number of hydrogen-bond acceptors (Lipinski definition) is 2. The second-order valence-corrected chi connectivity index (χ2v) is 8.51. The Morgan fingerprint density at radius 1 is 0.800 bits per heavy atom. The molecular formula is C13H22S2. The van der Waals surface area contributed by atoms with Gasteiger partial charge >= 0.3 is 0 Å². The molecule has 86 valence electrons. The van der Waals surface area contributed by atoms with Gasteiger partial charge in [-0.2, -0.15) is 0 Å². The van der Waals surface area contributed by atoms with E-state index in [-0.39, 0.29) is 0 Å². The molecule has 3 fully saturated rings. The zero-order chi connectivity index (χ0) is 10.1. The lowest BCUT2D eigenvalue weighted by Crippen LogP contribution is -2.43. The molecule has 1 saturated heterocycles. The van der Waals surface area contributed by atoms with Crippen molar-refractivity contribution in [2.24, 2.45) is 11.8 Å². The van der Waals surface area contributed by atoms with Crippen LogP contribution >= 0.6 is 23.5 Å². The fourth-order valence-electron chi connectivity index (χ4n) is 3.88. The van der Waals surface area contributed by atoms with Crippen LogP contribution in [0.15, 0.2) is 0 Å². The van der Waals surface area contributed by atoms with Crippen LogP contribution in [-0.4, -0.2) is 15.6 Å². The summed E-state index contributed by atoms with van der Waals surface area (Å²) < 4.78 is 0.682. The normalized spacial score (nSPS) is 40.0. The Bertz CT molecular complexity index is 213. The van der Waals surface area contributed by atoms with E-state index in [1.807, 2.05) is 0 Å². The Hall–Kier alpha value is 0.700. The van der Waals surface area contributed by atoms with Crippen molar-refractivity contribution in [3.8, 4) is 0 Å². The number of rotatable bonds is 0. The molecule has 1 aliphatic heterocycles. The highest BCUT2D eigenvalue weighted by Gasteiger charge is 2.47. The molecule has 0 radical (unpaired) electrons. The van der Waals surface area contributed by atoms with E-state index in [0.29, 0.717) is 4.08 Å². The summed E-state index contributed by atoms with van der Waals surface area (Å²) in [6, 6.07) is 0. The van der Waals surface area contributed by atoms with E-state index >= 15 is 0 Å². The Morgan fingerprint density at radius 3 is 2.40 bits per heavy atom. The van der Waals surface area contributed by atoms with Crippen LogP contribution in [0.2, 0.25) is 0 Å². The largest absolute Gasteiger partial charge is 0.144 e. The third-order valence-electron chi connectivity index (χ3n) is 4.56. The van der Waals surface area contributed by atoms with Crippen LogP contribution in [0.3, 0.4) is 0 Å². The molecule has 0 unspecified atom stereocenters. The van der Waals surface area contributed by atoms with E-state index < -0.39 is 0 Å². The molecule has 2 atom stereocenters. The molecule has 0 amide bonds. The van der Waals surface area contributed by atoms with E-state index in [0.717, 1.165) is 11.8 Å². The summed E-state index contributed by atoms with van der Waals surface area (Å²) in [6.07, 6.45) is 12.2. The van der Waals surface area contributed by atoms with Crippen molar-refractivity contribution in [1.82, 2.24) is 0 Å². The molecule has 0 aromatic heterocycles. The fraction of sp³-hybridized carbons (Fsp3) is 1.00. The average molecular weight is 242 g/mol. The molecule has 2 heteroatoms. The summed E-state index contributed by atoms with van der Waals surface area (Å²) in [7, 11) is 0. The maximum absolute atomic E-state index is 2.34.